The second-order valence-electron chi connectivity index (χ2n) is 11.3. The first kappa shape index (κ1) is 23.8. The summed E-state index contributed by atoms with van der Waals surface area (Å²) in [4.78, 5) is 2.24. The molecule has 0 saturated heterocycles. The zero-order valence-corrected chi connectivity index (χ0v) is 21.7. The van der Waals surface area contributed by atoms with Gasteiger partial charge >= 0.3 is 0 Å². The van der Waals surface area contributed by atoms with Crippen molar-refractivity contribution >= 4 is 11.4 Å². The molecule has 0 unspecified atom stereocenters. The van der Waals surface area contributed by atoms with Gasteiger partial charge in [-0.2, -0.15) is 0 Å². The average Bonchev–Trinajstić information content (AvgIpc) is 2.83. The summed E-state index contributed by atoms with van der Waals surface area (Å²) in [5.41, 5.74) is 10.4. The van der Waals surface area contributed by atoms with Crippen molar-refractivity contribution in [3.8, 4) is 22.3 Å². The van der Waals surface area contributed by atoms with E-state index in [1.807, 2.05) is 0 Å². The highest BCUT2D eigenvalue weighted by Crippen LogP contribution is 2.31. The lowest BCUT2D eigenvalue weighted by molar-refractivity contribution is 0.590. The van der Waals surface area contributed by atoms with Crippen molar-refractivity contribution in [3.63, 3.8) is 0 Å². The molecule has 0 bridgehead atoms. The van der Waals surface area contributed by atoms with Gasteiger partial charge in [0.05, 0.1) is 0 Å². The Morgan fingerprint density at radius 1 is 0.382 bits per heavy atom. The molecule has 1 heteroatoms. The minimum atomic E-state index is 0.177. The van der Waals surface area contributed by atoms with Crippen LogP contribution in [-0.2, 0) is 10.8 Å². The van der Waals surface area contributed by atoms with Crippen molar-refractivity contribution in [2.24, 2.45) is 0 Å². The summed E-state index contributed by atoms with van der Waals surface area (Å²) in [6.07, 6.45) is 0. The topological polar surface area (TPSA) is 3.24 Å². The standard InChI is InChI=1S/C33H37N/c1-32(2,3)28-16-8-24(9-17-28)26-12-20-30(21-13-26)34(7)31-22-14-27(15-23-31)25-10-18-29(19-11-25)33(4,5)6/h8-23H,1-7H3. The second kappa shape index (κ2) is 9.14. The fourth-order valence-corrected chi connectivity index (χ4v) is 4.23. The van der Waals surface area contributed by atoms with Crippen molar-refractivity contribution in [3.05, 3.63) is 108 Å². The van der Waals surface area contributed by atoms with E-state index in [1.165, 1.54) is 44.8 Å². The Labute approximate surface area is 206 Å². The highest BCUT2D eigenvalue weighted by atomic mass is 15.1. The number of hydrogen-bond acceptors (Lipinski definition) is 1. The predicted molar refractivity (Wildman–Crippen MR) is 149 cm³/mol. The van der Waals surface area contributed by atoms with E-state index in [0.29, 0.717) is 0 Å². The molecule has 0 saturated carbocycles. The summed E-state index contributed by atoms with van der Waals surface area (Å²) in [5, 5.41) is 0. The SMILES string of the molecule is CN(c1ccc(-c2ccc(C(C)(C)C)cc2)cc1)c1ccc(-c2ccc(C(C)(C)C)cc2)cc1. The number of nitrogens with zero attached hydrogens (tertiary/aromatic N) is 1. The van der Waals surface area contributed by atoms with Gasteiger partial charge in [0.25, 0.3) is 0 Å². The molecular weight excluding hydrogens is 410 g/mol. The summed E-state index contributed by atoms with van der Waals surface area (Å²) in [5.74, 6) is 0. The maximum absolute atomic E-state index is 2.25. The third-order valence-corrected chi connectivity index (χ3v) is 6.68. The number of hydrogen-bond donors (Lipinski definition) is 0. The van der Waals surface area contributed by atoms with E-state index < -0.39 is 0 Å². The van der Waals surface area contributed by atoms with E-state index in [0.717, 1.165) is 0 Å². The third kappa shape index (κ3) is 5.25. The monoisotopic (exact) mass is 447 g/mol. The van der Waals surface area contributed by atoms with Crippen LogP contribution in [0.1, 0.15) is 52.7 Å². The number of rotatable bonds is 4. The molecule has 0 aliphatic carbocycles. The Kier molecular flexibility index (Phi) is 6.41. The first-order valence-electron chi connectivity index (χ1n) is 12.2. The predicted octanol–water partition coefficient (Wildman–Crippen LogP) is 9.38. The van der Waals surface area contributed by atoms with Gasteiger partial charge in [0.1, 0.15) is 0 Å². The van der Waals surface area contributed by atoms with Crippen LogP contribution in [-0.4, -0.2) is 7.05 Å². The number of anilines is 2. The largest absolute Gasteiger partial charge is 0.345 e. The lowest BCUT2D eigenvalue weighted by Crippen LogP contribution is -2.10. The van der Waals surface area contributed by atoms with Gasteiger partial charge in [-0.15, -0.1) is 0 Å². The minimum absolute atomic E-state index is 0.177. The zero-order chi connectivity index (χ0) is 24.5. The summed E-state index contributed by atoms with van der Waals surface area (Å²) in [7, 11) is 2.13. The van der Waals surface area contributed by atoms with Crippen LogP contribution in [0.5, 0.6) is 0 Å². The fraction of sp³-hybridized carbons (Fsp3) is 0.273. The van der Waals surface area contributed by atoms with Crippen LogP contribution >= 0.6 is 0 Å². The molecule has 0 amide bonds. The van der Waals surface area contributed by atoms with Gasteiger partial charge in [-0.1, -0.05) is 114 Å². The molecule has 34 heavy (non-hydrogen) atoms. The minimum Gasteiger partial charge on any atom is -0.345 e. The van der Waals surface area contributed by atoms with E-state index in [9.17, 15) is 0 Å². The van der Waals surface area contributed by atoms with Crippen LogP contribution in [0.15, 0.2) is 97.1 Å². The van der Waals surface area contributed by atoms with Crippen LogP contribution in [0, 0.1) is 0 Å². The van der Waals surface area contributed by atoms with Crippen molar-refractivity contribution in [1.29, 1.82) is 0 Å². The Morgan fingerprint density at radius 3 is 0.853 bits per heavy atom. The molecule has 1 nitrogen and oxygen atoms in total. The molecule has 0 radical (unpaired) electrons. The molecule has 174 valence electrons. The molecule has 0 fully saturated rings. The fourth-order valence-electron chi connectivity index (χ4n) is 4.23. The molecule has 0 spiro atoms. The lowest BCUT2D eigenvalue weighted by Gasteiger charge is -2.21. The van der Waals surface area contributed by atoms with Crippen molar-refractivity contribution < 1.29 is 0 Å². The molecule has 4 rings (SSSR count). The normalized spacial score (nSPS) is 12.0. The molecule has 4 aromatic carbocycles. The molecule has 0 aliphatic rings. The quantitative estimate of drug-likeness (QED) is 0.301. The summed E-state index contributed by atoms with van der Waals surface area (Å²) < 4.78 is 0. The maximum Gasteiger partial charge on any atom is 0.0408 e. The highest BCUT2D eigenvalue weighted by Gasteiger charge is 2.14. The van der Waals surface area contributed by atoms with Gasteiger partial charge in [-0.3, -0.25) is 0 Å². The van der Waals surface area contributed by atoms with Gasteiger partial charge < -0.3 is 4.90 Å². The zero-order valence-electron chi connectivity index (χ0n) is 21.7. The summed E-state index contributed by atoms with van der Waals surface area (Å²) in [6.45, 7) is 13.5. The molecular formula is C33H37N. The number of benzene rings is 4. The third-order valence-electron chi connectivity index (χ3n) is 6.68. The molecule has 0 atom stereocenters. The molecule has 0 aromatic heterocycles. The van der Waals surface area contributed by atoms with Gasteiger partial charge in [-0.25, -0.2) is 0 Å². The Balaban J connectivity index is 1.48. The summed E-state index contributed by atoms with van der Waals surface area (Å²) in [6, 6.07) is 35.5. The molecule has 0 aliphatic heterocycles. The van der Waals surface area contributed by atoms with Crippen LogP contribution in [0.3, 0.4) is 0 Å². The summed E-state index contributed by atoms with van der Waals surface area (Å²) >= 11 is 0. The molecule has 0 heterocycles. The van der Waals surface area contributed by atoms with E-state index in [1.54, 1.807) is 0 Å². The Morgan fingerprint density at radius 2 is 0.618 bits per heavy atom. The van der Waals surface area contributed by atoms with Gasteiger partial charge in [-0.05, 0) is 68.5 Å². The van der Waals surface area contributed by atoms with Crippen molar-refractivity contribution in [2.75, 3.05) is 11.9 Å². The van der Waals surface area contributed by atoms with E-state index >= 15 is 0 Å². The van der Waals surface area contributed by atoms with Crippen LogP contribution < -0.4 is 4.90 Å². The lowest BCUT2D eigenvalue weighted by atomic mass is 9.86. The van der Waals surface area contributed by atoms with Crippen molar-refractivity contribution in [2.45, 2.75) is 52.4 Å². The van der Waals surface area contributed by atoms with Crippen LogP contribution in [0.2, 0.25) is 0 Å². The van der Waals surface area contributed by atoms with E-state index in [4.69, 9.17) is 0 Å². The Bertz CT molecular complexity index is 1110. The highest BCUT2D eigenvalue weighted by molar-refractivity contribution is 5.72. The first-order valence-corrected chi connectivity index (χ1v) is 12.2. The molecule has 0 N–H and O–H groups in total. The van der Waals surface area contributed by atoms with Crippen LogP contribution in [0.4, 0.5) is 11.4 Å². The van der Waals surface area contributed by atoms with E-state index in [2.05, 4.69) is 151 Å². The smallest absolute Gasteiger partial charge is 0.0408 e. The average molecular weight is 448 g/mol. The second-order valence-corrected chi connectivity index (χ2v) is 11.3. The van der Waals surface area contributed by atoms with Gasteiger partial charge in [0.15, 0.2) is 0 Å². The Hall–Kier alpha value is -3.32. The van der Waals surface area contributed by atoms with Crippen molar-refractivity contribution in [1.82, 2.24) is 0 Å². The maximum atomic E-state index is 2.25. The van der Waals surface area contributed by atoms with Crippen LogP contribution in [0.25, 0.3) is 22.3 Å². The first-order chi connectivity index (χ1) is 16.0. The molecule has 4 aromatic rings. The van der Waals surface area contributed by atoms with Gasteiger partial charge in [0, 0.05) is 18.4 Å². The van der Waals surface area contributed by atoms with Gasteiger partial charge in [0.2, 0.25) is 0 Å². The van der Waals surface area contributed by atoms with E-state index in [-0.39, 0.29) is 10.8 Å².